The van der Waals surface area contributed by atoms with Gasteiger partial charge in [-0.25, -0.2) is 0 Å². The first-order valence-corrected chi connectivity index (χ1v) is 21.5. The maximum Gasteiger partial charge on any atom is 0.307 e. The van der Waals surface area contributed by atoms with Crippen LogP contribution >= 0.6 is 0 Å². The van der Waals surface area contributed by atoms with E-state index in [4.69, 9.17) is 18.5 Å². The Kier molecular flexibility index (Phi) is 17.5. The number of aromatic nitrogens is 4. The first-order valence-electron chi connectivity index (χ1n) is 21.5. The van der Waals surface area contributed by atoms with Gasteiger partial charge in [0.25, 0.3) is 11.7 Å². The van der Waals surface area contributed by atoms with E-state index in [1.54, 1.807) is 4.90 Å². The van der Waals surface area contributed by atoms with Gasteiger partial charge in [-0.05, 0) is 79.1 Å². The Morgan fingerprint density at radius 3 is 1.45 bits per heavy atom. The molecule has 56 heavy (non-hydrogen) atoms. The summed E-state index contributed by atoms with van der Waals surface area (Å²) in [4.78, 5) is 59.1. The van der Waals surface area contributed by atoms with E-state index in [9.17, 15) is 19.2 Å². The zero-order valence-electron chi connectivity index (χ0n) is 35.4. The van der Waals surface area contributed by atoms with Crippen LogP contribution in [0.15, 0.2) is 9.05 Å². The quantitative estimate of drug-likeness (QED) is 0.117. The number of hydrogen-bond acceptors (Lipinski definition) is 12. The minimum atomic E-state index is -0.532. The summed E-state index contributed by atoms with van der Waals surface area (Å²) in [6.07, 6.45) is 21.6. The Morgan fingerprint density at radius 1 is 0.643 bits per heavy atom. The predicted octanol–water partition coefficient (Wildman–Crippen LogP) is 9.71. The average Bonchev–Trinajstić information content (AvgIpc) is 3.94. The lowest BCUT2D eigenvalue weighted by molar-refractivity contribution is -0.156. The summed E-state index contributed by atoms with van der Waals surface area (Å²) in [6.45, 7) is 14.0. The van der Waals surface area contributed by atoms with Gasteiger partial charge in [-0.1, -0.05) is 100 Å². The first kappa shape index (κ1) is 45.1. The molecule has 2 aromatic rings. The van der Waals surface area contributed by atoms with Crippen LogP contribution in [0.5, 0.6) is 0 Å². The van der Waals surface area contributed by atoms with E-state index in [1.807, 2.05) is 41.5 Å². The lowest BCUT2D eigenvalue weighted by atomic mass is 9.84. The van der Waals surface area contributed by atoms with Gasteiger partial charge in [0.1, 0.15) is 11.2 Å². The van der Waals surface area contributed by atoms with Gasteiger partial charge in [0.05, 0.1) is 12.8 Å². The topological polar surface area (TPSA) is 168 Å². The van der Waals surface area contributed by atoms with Gasteiger partial charge < -0.3 is 23.4 Å². The SMILES string of the molecule is CC(=O)c1noc([C@H](CCCC2CCCCC2)CC(=O)OC(C)(C)C)n1.CC(C)(C)OC(=O)C[C@@H](CCCC1CCCCC1)c1nc(C(=O)N2CCCC2)no1. The Hall–Kier alpha value is -3.64. The lowest BCUT2D eigenvalue weighted by Gasteiger charge is -2.23. The number of rotatable bonds is 16. The summed E-state index contributed by atoms with van der Waals surface area (Å²) in [6, 6.07) is 0. The summed E-state index contributed by atoms with van der Waals surface area (Å²) in [7, 11) is 0. The number of carbonyl (C=O) groups is 4. The second-order valence-corrected chi connectivity index (χ2v) is 18.3. The van der Waals surface area contributed by atoms with E-state index in [0.29, 0.717) is 11.8 Å². The molecule has 2 aliphatic carbocycles. The van der Waals surface area contributed by atoms with E-state index >= 15 is 0 Å². The van der Waals surface area contributed by atoms with Crippen LogP contribution < -0.4 is 0 Å². The predicted molar refractivity (Wildman–Crippen MR) is 211 cm³/mol. The number of likely N-dealkylation sites (tertiary alicyclic amines) is 1. The molecule has 0 aromatic carbocycles. The summed E-state index contributed by atoms with van der Waals surface area (Å²) in [5, 5.41) is 7.66. The number of esters is 2. The van der Waals surface area contributed by atoms with Gasteiger partial charge in [-0.15, -0.1) is 0 Å². The smallest absolute Gasteiger partial charge is 0.307 e. The molecule has 2 aromatic heterocycles. The van der Waals surface area contributed by atoms with Crippen molar-refractivity contribution >= 4 is 23.6 Å². The number of amides is 1. The molecular weight excluding hydrogens is 714 g/mol. The van der Waals surface area contributed by atoms with E-state index in [1.165, 1.54) is 84.0 Å². The Bertz CT molecular complexity index is 1520. The third kappa shape index (κ3) is 16.1. The van der Waals surface area contributed by atoms with Gasteiger partial charge in [0.15, 0.2) is 0 Å². The molecule has 0 radical (unpaired) electrons. The molecule has 3 heterocycles. The lowest BCUT2D eigenvalue weighted by Crippen LogP contribution is -2.28. The highest BCUT2D eigenvalue weighted by molar-refractivity contribution is 5.90. The third-order valence-corrected chi connectivity index (χ3v) is 10.9. The van der Waals surface area contributed by atoms with Gasteiger partial charge >= 0.3 is 11.9 Å². The van der Waals surface area contributed by atoms with Crippen molar-refractivity contribution in [3.05, 3.63) is 23.4 Å². The molecule has 0 spiro atoms. The zero-order valence-corrected chi connectivity index (χ0v) is 35.4. The third-order valence-electron chi connectivity index (χ3n) is 10.9. The standard InChI is InChI=1S/C23H37N3O4.C20H32N2O4/c1-23(2,3)29-19(27)16-18(13-9-12-17-10-5-4-6-11-17)21-24-20(25-30-21)22(28)26-14-7-8-15-26;1-14(23)18-21-19(26-22-18)16(13-17(24)25-20(2,3)4)12-8-11-15-9-6-5-7-10-15/h17-18H,4-16H2,1-3H3;15-16H,5-13H2,1-4H3/t18-;16-/m11/s1. The fraction of sp³-hybridized carbons (Fsp3) is 0.814. The van der Waals surface area contributed by atoms with Crippen molar-refractivity contribution in [2.75, 3.05) is 13.1 Å². The fourth-order valence-electron chi connectivity index (χ4n) is 8.15. The van der Waals surface area contributed by atoms with Crippen LogP contribution in [0.1, 0.15) is 222 Å². The molecule has 314 valence electrons. The van der Waals surface area contributed by atoms with Gasteiger partial charge in [-0.3, -0.25) is 19.2 Å². The number of Topliss-reactive ketones (excluding diaryl/α,β-unsaturated/α-hetero) is 1. The van der Waals surface area contributed by atoms with Crippen molar-refractivity contribution in [2.45, 2.75) is 200 Å². The monoisotopic (exact) mass is 784 g/mol. The highest BCUT2D eigenvalue weighted by atomic mass is 16.6. The minimum absolute atomic E-state index is 0.0708. The minimum Gasteiger partial charge on any atom is -0.460 e. The van der Waals surface area contributed by atoms with Crippen LogP contribution in [0, 0.1) is 11.8 Å². The van der Waals surface area contributed by atoms with Crippen LogP contribution in [0.4, 0.5) is 0 Å². The normalized spacial score (nSPS) is 18.2. The summed E-state index contributed by atoms with van der Waals surface area (Å²) in [5.74, 6) is 1.13. The molecule has 2 saturated carbocycles. The second kappa shape index (κ2) is 21.8. The van der Waals surface area contributed by atoms with Gasteiger partial charge in [0, 0.05) is 31.8 Å². The van der Waals surface area contributed by atoms with Crippen LogP contribution in [-0.4, -0.2) is 73.1 Å². The Balaban J connectivity index is 0.000000251. The molecule has 0 unspecified atom stereocenters. The highest BCUT2D eigenvalue weighted by Crippen LogP contribution is 2.33. The summed E-state index contributed by atoms with van der Waals surface area (Å²) < 4.78 is 21.7. The van der Waals surface area contributed by atoms with Gasteiger partial charge in [0.2, 0.25) is 23.4 Å². The number of nitrogens with zero attached hydrogens (tertiary/aromatic N) is 5. The van der Waals surface area contributed by atoms with Crippen molar-refractivity contribution in [1.29, 1.82) is 0 Å². The fourth-order valence-corrected chi connectivity index (χ4v) is 8.15. The second-order valence-electron chi connectivity index (χ2n) is 18.3. The number of ether oxygens (including phenoxy) is 2. The van der Waals surface area contributed by atoms with Crippen molar-refractivity contribution in [3.63, 3.8) is 0 Å². The van der Waals surface area contributed by atoms with Crippen molar-refractivity contribution < 1.29 is 37.7 Å². The van der Waals surface area contributed by atoms with E-state index in [0.717, 1.165) is 63.5 Å². The van der Waals surface area contributed by atoms with Crippen molar-refractivity contribution in [1.82, 2.24) is 25.2 Å². The molecular formula is C43H69N5O8. The van der Waals surface area contributed by atoms with Crippen LogP contribution in [0.3, 0.4) is 0 Å². The molecule has 1 aliphatic heterocycles. The average molecular weight is 784 g/mol. The van der Waals surface area contributed by atoms with Crippen LogP contribution in [-0.2, 0) is 19.1 Å². The highest BCUT2D eigenvalue weighted by Gasteiger charge is 2.30. The molecule has 3 fully saturated rings. The number of carbonyl (C=O) groups excluding carboxylic acids is 4. The summed E-state index contributed by atoms with van der Waals surface area (Å²) >= 11 is 0. The van der Waals surface area contributed by atoms with Gasteiger partial charge in [-0.2, -0.15) is 9.97 Å². The molecule has 13 heteroatoms. The molecule has 13 nitrogen and oxygen atoms in total. The number of hydrogen-bond donors (Lipinski definition) is 0. The molecule has 3 aliphatic rings. The molecule has 1 saturated heterocycles. The zero-order chi connectivity index (χ0) is 40.7. The maximum absolute atomic E-state index is 12.6. The Morgan fingerprint density at radius 2 is 1.05 bits per heavy atom. The van der Waals surface area contributed by atoms with E-state index in [-0.39, 0.29) is 60.0 Å². The maximum atomic E-state index is 12.6. The molecule has 0 N–H and O–H groups in total. The van der Waals surface area contributed by atoms with Crippen LogP contribution in [0.2, 0.25) is 0 Å². The largest absolute Gasteiger partial charge is 0.460 e. The Labute approximate surface area is 334 Å². The molecule has 2 atom stereocenters. The van der Waals surface area contributed by atoms with Crippen LogP contribution in [0.25, 0.3) is 0 Å². The van der Waals surface area contributed by atoms with E-state index in [2.05, 4.69) is 20.3 Å². The molecule has 5 rings (SSSR count). The first-order chi connectivity index (χ1) is 26.6. The summed E-state index contributed by atoms with van der Waals surface area (Å²) in [5.41, 5.74) is -1.06. The van der Waals surface area contributed by atoms with E-state index < -0.39 is 11.2 Å². The van der Waals surface area contributed by atoms with Crippen molar-refractivity contribution in [2.24, 2.45) is 11.8 Å². The molecule has 1 amide bonds. The van der Waals surface area contributed by atoms with Crippen molar-refractivity contribution in [3.8, 4) is 0 Å². The number of ketones is 1. The molecule has 0 bridgehead atoms.